The van der Waals surface area contributed by atoms with Gasteiger partial charge in [-0.25, -0.2) is 0 Å². The van der Waals surface area contributed by atoms with Crippen molar-refractivity contribution < 1.29 is 38.3 Å². The average molecular weight is 432 g/mol. The Kier molecular flexibility index (Phi) is 6.29. The number of hydrogen-bond donors (Lipinski definition) is 1. The van der Waals surface area contributed by atoms with Crippen LogP contribution in [0.4, 0.5) is 0 Å². The Morgan fingerprint density at radius 2 is 1.48 bits per heavy atom. The molecule has 1 fully saturated rings. The molecule has 0 radical (unpaired) electrons. The van der Waals surface area contributed by atoms with Gasteiger partial charge in [0.05, 0.1) is 35.0 Å². The number of fused-ring (bicyclic) bond motifs is 1. The molecule has 8 heteroatoms. The first-order chi connectivity index (χ1) is 15.1. The highest BCUT2D eigenvalue weighted by molar-refractivity contribution is 5.55. The van der Waals surface area contributed by atoms with E-state index in [0.717, 1.165) is 11.1 Å². The number of aliphatic hydroxyl groups excluding tert-OH is 1. The van der Waals surface area contributed by atoms with Crippen molar-refractivity contribution in [1.29, 1.82) is 0 Å². The van der Waals surface area contributed by atoms with Gasteiger partial charge in [-0.1, -0.05) is 0 Å². The van der Waals surface area contributed by atoms with Crippen LogP contribution in [0, 0.1) is 11.8 Å². The number of hydrogen-bond acceptors (Lipinski definition) is 8. The van der Waals surface area contributed by atoms with Gasteiger partial charge in [0, 0.05) is 5.92 Å². The van der Waals surface area contributed by atoms with Crippen molar-refractivity contribution in [2.75, 3.05) is 41.8 Å². The van der Waals surface area contributed by atoms with Crippen molar-refractivity contribution in [3.63, 3.8) is 0 Å². The number of methoxy groups -OCH3 is 4. The molecular formula is C23H28O8. The van der Waals surface area contributed by atoms with Crippen LogP contribution in [0.2, 0.25) is 0 Å². The summed E-state index contributed by atoms with van der Waals surface area (Å²) in [6, 6.07) is 7.74. The Morgan fingerprint density at radius 3 is 2.13 bits per heavy atom. The standard InChI is InChI=1S/C23H28O8/c1-25-17-8-14(9-18(26-2)21(17)28-4)6-16-15(11-29-23(16)24)5-13-7-19(27-3)22-20(10-13)30-12-31-22/h7-10,15-16,23-24H,5-6,11-12H2,1-4H3. The first kappa shape index (κ1) is 21.4. The van der Waals surface area contributed by atoms with E-state index in [-0.39, 0.29) is 18.6 Å². The summed E-state index contributed by atoms with van der Waals surface area (Å²) in [7, 11) is 6.36. The molecule has 3 unspecified atom stereocenters. The average Bonchev–Trinajstić information content (AvgIpc) is 3.39. The van der Waals surface area contributed by atoms with Crippen molar-refractivity contribution >= 4 is 0 Å². The minimum absolute atomic E-state index is 0.0979. The minimum atomic E-state index is -0.847. The number of aliphatic hydroxyl groups is 1. The Morgan fingerprint density at radius 1 is 0.839 bits per heavy atom. The first-order valence-electron chi connectivity index (χ1n) is 10.1. The molecule has 2 aromatic rings. The van der Waals surface area contributed by atoms with Crippen LogP contribution in [0.5, 0.6) is 34.5 Å². The molecule has 0 aromatic heterocycles. The number of benzene rings is 2. The Balaban J connectivity index is 1.56. The molecule has 2 aliphatic rings. The molecule has 3 atom stereocenters. The summed E-state index contributed by atoms with van der Waals surface area (Å²) in [6.07, 6.45) is 0.462. The van der Waals surface area contributed by atoms with Crippen molar-refractivity contribution in [2.45, 2.75) is 19.1 Å². The van der Waals surface area contributed by atoms with Gasteiger partial charge in [0.1, 0.15) is 0 Å². The molecule has 1 N–H and O–H groups in total. The Hall–Kier alpha value is -2.84. The monoisotopic (exact) mass is 432 g/mol. The molecule has 4 rings (SSSR count). The highest BCUT2D eigenvalue weighted by Crippen LogP contribution is 2.44. The lowest BCUT2D eigenvalue weighted by Gasteiger charge is -2.22. The lowest BCUT2D eigenvalue weighted by molar-refractivity contribution is -0.0820. The quantitative estimate of drug-likeness (QED) is 0.682. The van der Waals surface area contributed by atoms with Gasteiger partial charge >= 0.3 is 0 Å². The molecule has 31 heavy (non-hydrogen) atoms. The second-order valence-electron chi connectivity index (χ2n) is 7.62. The molecule has 2 heterocycles. The van der Waals surface area contributed by atoms with E-state index in [1.165, 1.54) is 0 Å². The molecular weight excluding hydrogens is 404 g/mol. The van der Waals surface area contributed by atoms with E-state index < -0.39 is 6.29 Å². The molecule has 2 aliphatic heterocycles. The molecule has 0 aliphatic carbocycles. The van der Waals surface area contributed by atoms with E-state index in [1.807, 2.05) is 24.3 Å². The van der Waals surface area contributed by atoms with Gasteiger partial charge in [0.25, 0.3) is 0 Å². The molecule has 2 aromatic carbocycles. The lowest BCUT2D eigenvalue weighted by atomic mass is 9.84. The zero-order valence-corrected chi connectivity index (χ0v) is 18.2. The van der Waals surface area contributed by atoms with E-state index in [9.17, 15) is 5.11 Å². The van der Waals surface area contributed by atoms with E-state index in [2.05, 4.69) is 0 Å². The van der Waals surface area contributed by atoms with Gasteiger partial charge in [-0.3, -0.25) is 0 Å². The van der Waals surface area contributed by atoms with Crippen LogP contribution < -0.4 is 28.4 Å². The Bertz CT molecular complexity index is 903. The summed E-state index contributed by atoms with van der Waals surface area (Å²) in [5.74, 6) is 3.67. The molecule has 0 bridgehead atoms. The molecule has 0 saturated carbocycles. The summed E-state index contributed by atoms with van der Waals surface area (Å²) in [4.78, 5) is 0. The summed E-state index contributed by atoms with van der Waals surface area (Å²) in [6.45, 7) is 0.650. The molecule has 8 nitrogen and oxygen atoms in total. The third-order valence-electron chi connectivity index (χ3n) is 5.86. The van der Waals surface area contributed by atoms with Crippen molar-refractivity contribution in [1.82, 2.24) is 0 Å². The maximum atomic E-state index is 10.5. The molecule has 0 spiro atoms. The zero-order chi connectivity index (χ0) is 22.0. The van der Waals surface area contributed by atoms with E-state index in [0.29, 0.717) is 53.9 Å². The van der Waals surface area contributed by atoms with E-state index in [4.69, 9.17) is 33.2 Å². The largest absolute Gasteiger partial charge is 0.493 e. The van der Waals surface area contributed by atoms with Gasteiger partial charge < -0.3 is 38.3 Å². The zero-order valence-electron chi connectivity index (χ0n) is 18.2. The molecule has 0 amide bonds. The van der Waals surface area contributed by atoms with Crippen LogP contribution in [-0.2, 0) is 17.6 Å². The van der Waals surface area contributed by atoms with E-state index >= 15 is 0 Å². The van der Waals surface area contributed by atoms with E-state index in [1.54, 1.807) is 28.4 Å². The highest BCUT2D eigenvalue weighted by atomic mass is 16.7. The summed E-state index contributed by atoms with van der Waals surface area (Å²) < 4.78 is 38.4. The van der Waals surface area contributed by atoms with Crippen LogP contribution >= 0.6 is 0 Å². The maximum Gasteiger partial charge on any atom is 0.231 e. The molecule has 168 valence electrons. The minimum Gasteiger partial charge on any atom is -0.493 e. The van der Waals surface area contributed by atoms with Gasteiger partial charge in [0.2, 0.25) is 18.3 Å². The third kappa shape index (κ3) is 4.18. The maximum absolute atomic E-state index is 10.5. The van der Waals surface area contributed by atoms with Gasteiger partial charge in [0.15, 0.2) is 29.3 Å². The van der Waals surface area contributed by atoms with Crippen molar-refractivity contribution in [3.8, 4) is 34.5 Å². The fraction of sp³-hybridized carbons (Fsp3) is 0.478. The van der Waals surface area contributed by atoms with Gasteiger partial charge in [-0.05, 0) is 54.2 Å². The highest BCUT2D eigenvalue weighted by Gasteiger charge is 2.37. The lowest BCUT2D eigenvalue weighted by Crippen LogP contribution is -2.24. The second kappa shape index (κ2) is 9.11. The summed E-state index contributed by atoms with van der Waals surface area (Å²) in [5.41, 5.74) is 2.01. The van der Waals surface area contributed by atoms with Crippen LogP contribution in [0.25, 0.3) is 0 Å². The Labute approximate surface area is 181 Å². The number of ether oxygens (including phenoxy) is 7. The first-order valence-corrected chi connectivity index (χ1v) is 10.1. The van der Waals surface area contributed by atoms with Crippen molar-refractivity contribution in [2.24, 2.45) is 11.8 Å². The van der Waals surface area contributed by atoms with Crippen LogP contribution in [0.1, 0.15) is 11.1 Å². The van der Waals surface area contributed by atoms with Crippen LogP contribution in [-0.4, -0.2) is 53.2 Å². The topological polar surface area (TPSA) is 84.8 Å². The second-order valence-corrected chi connectivity index (χ2v) is 7.62. The SMILES string of the molecule is COc1cc(CC2C(Cc3cc(OC)c4c(c3)OCO4)COC2O)cc(OC)c1OC. The predicted octanol–water partition coefficient (Wildman–Crippen LogP) is 2.82. The fourth-order valence-electron chi connectivity index (χ4n) is 4.31. The number of rotatable bonds is 8. The van der Waals surface area contributed by atoms with Crippen LogP contribution in [0.15, 0.2) is 24.3 Å². The summed E-state index contributed by atoms with van der Waals surface area (Å²) >= 11 is 0. The third-order valence-corrected chi connectivity index (χ3v) is 5.86. The normalized spacial score (nSPS) is 21.8. The predicted molar refractivity (Wildman–Crippen MR) is 112 cm³/mol. The smallest absolute Gasteiger partial charge is 0.231 e. The fourth-order valence-corrected chi connectivity index (χ4v) is 4.31. The summed E-state index contributed by atoms with van der Waals surface area (Å²) in [5, 5.41) is 10.5. The van der Waals surface area contributed by atoms with Crippen LogP contribution in [0.3, 0.4) is 0 Å². The van der Waals surface area contributed by atoms with Gasteiger partial charge in [-0.2, -0.15) is 0 Å². The molecule has 1 saturated heterocycles. The van der Waals surface area contributed by atoms with Gasteiger partial charge in [-0.15, -0.1) is 0 Å². The van der Waals surface area contributed by atoms with Crippen molar-refractivity contribution in [3.05, 3.63) is 35.4 Å².